The Labute approximate surface area is 235 Å². The second-order valence-corrected chi connectivity index (χ2v) is 14.7. The molecule has 0 N–H and O–H groups in total. The molecule has 1 amide bonds. The first-order valence-corrected chi connectivity index (χ1v) is 16.8. The van der Waals surface area contributed by atoms with Gasteiger partial charge in [0.2, 0.25) is 5.91 Å². The molecule has 7 unspecified atom stereocenters. The fraction of sp³-hybridized carbons (Fsp3) is 0.914. The minimum atomic E-state index is 0.246. The van der Waals surface area contributed by atoms with Gasteiger partial charge in [0.15, 0.2) is 0 Å². The molecule has 0 bridgehead atoms. The fourth-order valence-corrected chi connectivity index (χ4v) is 10.3. The van der Waals surface area contributed by atoms with E-state index in [9.17, 15) is 4.79 Å². The predicted octanol–water partition coefficient (Wildman–Crippen LogP) is 9.41. The molecule has 9 atom stereocenters. The van der Waals surface area contributed by atoms with Gasteiger partial charge in [0.1, 0.15) is 6.10 Å². The third kappa shape index (κ3) is 5.47. The van der Waals surface area contributed by atoms with Crippen molar-refractivity contribution in [2.45, 2.75) is 151 Å². The van der Waals surface area contributed by atoms with E-state index in [4.69, 9.17) is 4.74 Å². The molecular weight excluding hydrogens is 466 g/mol. The highest BCUT2D eigenvalue weighted by molar-refractivity contribution is 5.77. The van der Waals surface area contributed by atoms with Crippen molar-refractivity contribution in [2.75, 3.05) is 7.05 Å². The molecule has 5 rings (SSSR count). The lowest BCUT2D eigenvalue weighted by Crippen LogP contribution is -2.65. The van der Waals surface area contributed by atoms with E-state index in [1.165, 1.54) is 70.0 Å². The number of carbonyl (C=O) groups excluding carboxylic acids is 1. The van der Waals surface area contributed by atoms with Crippen LogP contribution < -0.4 is 0 Å². The van der Waals surface area contributed by atoms with Gasteiger partial charge >= 0.3 is 0 Å². The molecule has 3 heteroatoms. The summed E-state index contributed by atoms with van der Waals surface area (Å²) < 4.78 is 7.04. The smallest absolute Gasteiger partial charge is 0.222 e. The van der Waals surface area contributed by atoms with Gasteiger partial charge in [-0.2, -0.15) is 0 Å². The van der Waals surface area contributed by atoms with E-state index in [0.29, 0.717) is 29.2 Å². The van der Waals surface area contributed by atoms with Crippen LogP contribution in [0.4, 0.5) is 0 Å². The third-order valence-corrected chi connectivity index (χ3v) is 12.3. The summed E-state index contributed by atoms with van der Waals surface area (Å²) in [5.74, 6) is 6.26. The summed E-state index contributed by atoms with van der Waals surface area (Å²) in [5.41, 5.74) is 0.705. The van der Waals surface area contributed by atoms with Crippen molar-refractivity contribution in [1.82, 2.24) is 4.90 Å². The van der Waals surface area contributed by atoms with Crippen molar-refractivity contribution in [3.05, 3.63) is 11.8 Å². The number of nitrogens with zero attached hydrogens (tertiary/aromatic N) is 1. The molecule has 1 aliphatic heterocycles. The van der Waals surface area contributed by atoms with Crippen LogP contribution in [0.3, 0.4) is 0 Å². The van der Waals surface area contributed by atoms with Crippen molar-refractivity contribution in [2.24, 2.45) is 46.3 Å². The molecule has 4 aliphatic carbocycles. The highest BCUT2D eigenvalue weighted by Gasteiger charge is 2.64. The number of hydrogen-bond acceptors (Lipinski definition) is 2. The van der Waals surface area contributed by atoms with E-state index in [0.717, 1.165) is 49.4 Å². The second kappa shape index (κ2) is 12.3. The largest absolute Gasteiger partial charge is 0.495 e. The molecule has 0 spiro atoms. The van der Waals surface area contributed by atoms with E-state index in [1.54, 1.807) is 0 Å². The van der Waals surface area contributed by atoms with Crippen LogP contribution in [0.5, 0.6) is 0 Å². The molecule has 1 saturated heterocycles. The molecule has 1 heterocycles. The second-order valence-electron chi connectivity index (χ2n) is 14.7. The van der Waals surface area contributed by atoms with Crippen molar-refractivity contribution >= 4 is 5.91 Å². The Bertz CT molecular complexity index is 834. The van der Waals surface area contributed by atoms with E-state index >= 15 is 0 Å². The number of amides is 1. The van der Waals surface area contributed by atoms with Gasteiger partial charge in [0, 0.05) is 38.3 Å². The molecule has 38 heavy (non-hydrogen) atoms. The molecule has 0 aromatic rings. The summed E-state index contributed by atoms with van der Waals surface area (Å²) in [7, 11) is 2.08. The topological polar surface area (TPSA) is 29.5 Å². The lowest BCUT2D eigenvalue weighted by molar-refractivity contribution is -0.184. The van der Waals surface area contributed by atoms with Gasteiger partial charge in [-0.25, -0.2) is 0 Å². The zero-order valence-electron chi connectivity index (χ0n) is 26.4. The van der Waals surface area contributed by atoms with Gasteiger partial charge < -0.3 is 9.64 Å². The summed E-state index contributed by atoms with van der Waals surface area (Å²) >= 11 is 0. The van der Waals surface area contributed by atoms with Gasteiger partial charge in [-0.1, -0.05) is 67.7 Å². The standard InChI is InChI=1S/C33H55NO2.C2H6/c1-22(2)11-10-12-23(3)25-15-16-26-31-27(17-19-32(25,26)4)33(5)20-18-30(35)34(6)29(33)21-28(31)36-24-13-8-7-9-14-24;1-2/h13,22-23,25-29,31H,7-12,14-21H2,1-6H3;1-2H3/t23?,25?,26?,27?,28?,29?,31?,32-,33-;/m1./s1. The summed E-state index contributed by atoms with van der Waals surface area (Å²) in [6.45, 7) is 16.6. The molecule has 0 aromatic heterocycles. The van der Waals surface area contributed by atoms with Crippen molar-refractivity contribution in [1.29, 1.82) is 0 Å². The minimum absolute atomic E-state index is 0.246. The van der Waals surface area contributed by atoms with Crippen LogP contribution in [0.1, 0.15) is 138 Å². The van der Waals surface area contributed by atoms with E-state index in [-0.39, 0.29) is 11.5 Å². The highest BCUT2D eigenvalue weighted by Crippen LogP contribution is 2.67. The van der Waals surface area contributed by atoms with Crippen molar-refractivity contribution < 1.29 is 9.53 Å². The molecule has 5 aliphatic rings. The van der Waals surface area contributed by atoms with Gasteiger partial charge in [-0.3, -0.25) is 4.79 Å². The molecule has 0 radical (unpaired) electrons. The monoisotopic (exact) mass is 527 g/mol. The molecule has 218 valence electrons. The number of ether oxygens (including phenoxy) is 1. The predicted molar refractivity (Wildman–Crippen MR) is 160 cm³/mol. The van der Waals surface area contributed by atoms with Crippen LogP contribution in [-0.4, -0.2) is 30.0 Å². The maximum absolute atomic E-state index is 12.8. The Balaban J connectivity index is 0.00000164. The van der Waals surface area contributed by atoms with E-state index < -0.39 is 0 Å². The van der Waals surface area contributed by atoms with Gasteiger partial charge in [-0.05, 0) is 97.9 Å². The highest BCUT2D eigenvalue weighted by atomic mass is 16.5. The number of fused-ring (bicyclic) bond motifs is 5. The molecule has 3 saturated carbocycles. The Hall–Kier alpha value is -0.990. The Morgan fingerprint density at radius 1 is 0.974 bits per heavy atom. The fourth-order valence-electron chi connectivity index (χ4n) is 10.3. The number of likely N-dealkylation sites (tertiary alicyclic amines) is 1. The Morgan fingerprint density at radius 3 is 2.39 bits per heavy atom. The molecular formula is C35H61NO2. The van der Waals surface area contributed by atoms with Crippen LogP contribution in [0.2, 0.25) is 0 Å². The average molecular weight is 528 g/mol. The number of allylic oxidation sites excluding steroid dienone is 2. The minimum Gasteiger partial charge on any atom is -0.495 e. The van der Waals surface area contributed by atoms with Crippen LogP contribution >= 0.6 is 0 Å². The van der Waals surface area contributed by atoms with Crippen LogP contribution in [0, 0.1) is 46.3 Å². The first-order valence-electron chi connectivity index (χ1n) is 16.8. The number of hydrogen-bond donors (Lipinski definition) is 0. The Morgan fingerprint density at radius 2 is 1.71 bits per heavy atom. The maximum atomic E-state index is 12.8. The number of carbonyl (C=O) groups is 1. The van der Waals surface area contributed by atoms with Crippen LogP contribution in [0.15, 0.2) is 11.8 Å². The molecule has 4 fully saturated rings. The summed E-state index contributed by atoms with van der Waals surface area (Å²) in [6, 6.07) is 0.339. The third-order valence-electron chi connectivity index (χ3n) is 12.3. The SMILES string of the molecule is CC.CC(C)CCCC(C)C1CCC2C3C(OC4=CCCCC4)CC4N(C)C(=O)CC[C@]4(C)C3CC[C@]12C. The van der Waals surface area contributed by atoms with Gasteiger partial charge in [-0.15, -0.1) is 0 Å². The molecule has 3 nitrogen and oxygen atoms in total. The number of piperidine rings is 1. The lowest BCUT2D eigenvalue weighted by atomic mass is 9.45. The number of rotatable bonds is 7. The first-order chi connectivity index (χ1) is 18.1. The maximum Gasteiger partial charge on any atom is 0.222 e. The van der Waals surface area contributed by atoms with Crippen LogP contribution in [0.25, 0.3) is 0 Å². The lowest BCUT2D eigenvalue weighted by Gasteiger charge is -2.63. The molecule has 0 aromatic carbocycles. The quantitative estimate of drug-likeness (QED) is 0.330. The normalized spacial score (nSPS) is 41.3. The Kier molecular flexibility index (Phi) is 9.67. The van der Waals surface area contributed by atoms with E-state index in [1.807, 2.05) is 13.8 Å². The van der Waals surface area contributed by atoms with Crippen molar-refractivity contribution in [3.8, 4) is 0 Å². The summed E-state index contributed by atoms with van der Waals surface area (Å²) in [6.07, 6.45) is 20.1. The summed E-state index contributed by atoms with van der Waals surface area (Å²) in [5, 5.41) is 0. The average Bonchev–Trinajstić information content (AvgIpc) is 3.26. The zero-order chi connectivity index (χ0) is 27.7. The van der Waals surface area contributed by atoms with Gasteiger partial charge in [0.25, 0.3) is 0 Å². The van der Waals surface area contributed by atoms with Gasteiger partial charge in [0.05, 0.1) is 5.76 Å². The summed E-state index contributed by atoms with van der Waals surface area (Å²) in [4.78, 5) is 14.9. The van der Waals surface area contributed by atoms with Crippen molar-refractivity contribution in [3.63, 3.8) is 0 Å². The zero-order valence-corrected chi connectivity index (χ0v) is 26.4. The van der Waals surface area contributed by atoms with Crippen LogP contribution in [-0.2, 0) is 9.53 Å². The first kappa shape index (κ1) is 30.0. The van der Waals surface area contributed by atoms with E-state index in [2.05, 4.69) is 52.6 Å².